The summed E-state index contributed by atoms with van der Waals surface area (Å²) in [5, 5.41) is 5.08. The standard InChI is InChI=1S/C8H9BClNO2S/c1-5(9)6-2-3-7(10)8(4-6)14(11,12)13/h2-5H,1H3,(H2,11,12,13). The Morgan fingerprint density at radius 1 is 1.50 bits per heavy atom. The Morgan fingerprint density at radius 3 is 2.50 bits per heavy atom. The van der Waals surface area contributed by atoms with Crippen molar-refractivity contribution in [3.63, 3.8) is 0 Å². The van der Waals surface area contributed by atoms with E-state index in [-0.39, 0.29) is 15.7 Å². The fourth-order valence-corrected chi connectivity index (χ4v) is 2.10. The van der Waals surface area contributed by atoms with Crippen molar-refractivity contribution < 1.29 is 8.42 Å². The average Bonchev–Trinajstić information content (AvgIpc) is 2.02. The molecule has 0 fully saturated rings. The number of hydrogen-bond acceptors (Lipinski definition) is 2. The van der Waals surface area contributed by atoms with Gasteiger partial charge in [-0.15, -0.1) is 0 Å². The number of nitrogens with two attached hydrogens (primary N) is 1. The van der Waals surface area contributed by atoms with Crippen LogP contribution in [0.25, 0.3) is 0 Å². The van der Waals surface area contributed by atoms with Crippen molar-refractivity contribution >= 4 is 29.5 Å². The van der Waals surface area contributed by atoms with E-state index in [0.717, 1.165) is 0 Å². The van der Waals surface area contributed by atoms with E-state index in [1.807, 2.05) is 0 Å². The monoisotopic (exact) mass is 229 g/mol. The highest BCUT2D eigenvalue weighted by atomic mass is 35.5. The van der Waals surface area contributed by atoms with Crippen LogP contribution in [0.15, 0.2) is 23.1 Å². The zero-order valence-corrected chi connectivity index (χ0v) is 9.14. The third kappa shape index (κ3) is 2.50. The van der Waals surface area contributed by atoms with Gasteiger partial charge in [-0.05, 0) is 12.1 Å². The van der Waals surface area contributed by atoms with E-state index < -0.39 is 10.0 Å². The van der Waals surface area contributed by atoms with Crippen molar-refractivity contribution in [1.82, 2.24) is 0 Å². The predicted octanol–water partition coefficient (Wildman–Crippen LogP) is 1.22. The van der Waals surface area contributed by atoms with Crippen LogP contribution >= 0.6 is 11.6 Å². The highest BCUT2D eigenvalue weighted by Gasteiger charge is 2.14. The molecule has 0 saturated carbocycles. The van der Waals surface area contributed by atoms with Crippen LogP contribution in [0.2, 0.25) is 5.02 Å². The van der Waals surface area contributed by atoms with Gasteiger partial charge >= 0.3 is 0 Å². The normalized spacial score (nSPS) is 13.9. The Bertz CT molecular complexity index is 445. The molecule has 1 atom stereocenters. The maximum Gasteiger partial charge on any atom is 0.239 e. The van der Waals surface area contributed by atoms with E-state index in [4.69, 9.17) is 24.6 Å². The third-order valence-electron chi connectivity index (χ3n) is 1.79. The second-order valence-corrected chi connectivity index (χ2v) is 4.96. The smallest absolute Gasteiger partial charge is 0.225 e. The maximum absolute atomic E-state index is 11.1. The number of rotatable bonds is 2. The summed E-state index contributed by atoms with van der Waals surface area (Å²) in [5.41, 5.74) is 0.679. The molecule has 2 N–H and O–H groups in total. The van der Waals surface area contributed by atoms with Crippen LogP contribution in [-0.2, 0) is 10.0 Å². The second kappa shape index (κ2) is 3.92. The van der Waals surface area contributed by atoms with Crippen molar-refractivity contribution in [3.8, 4) is 0 Å². The van der Waals surface area contributed by atoms with Gasteiger partial charge in [0.25, 0.3) is 0 Å². The molecule has 0 amide bonds. The van der Waals surface area contributed by atoms with Crippen LogP contribution in [0.5, 0.6) is 0 Å². The fraction of sp³-hybridized carbons (Fsp3) is 0.250. The van der Waals surface area contributed by atoms with E-state index in [2.05, 4.69) is 0 Å². The van der Waals surface area contributed by atoms with E-state index in [1.165, 1.54) is 12.1 Å². The molecule has 6 heteroatoms. The summed E-state index contributed by atoms with van der Waals surface area (Å²) in [6.07, 6.45) is 0. The molecular formula is C8H9BClNO2S. The molecule has 0 aromatic heterocycles. The lowest BCUT2D eigenvalue weighted by Gasteiger charge is -2.08. The molecule has 1 rings (SSSR count). The number of halogens is 1. The molecule has 0 aliphatic rings. The number of sulfonamides is 1. The van der Waals surface area contributed by atoms with Gasteiger partial charge in [0.15, 0.2) is 0 Å². The van der Waals surface area contributed by atoms with Gasteiger partial charge in [0.05, 0.1) is 12.9 Å². The molecule has 14 heavy (non-hydrogen) atoms. The summed E-state index contributed by atoms with van der Waals surface area (Å²) in [7, 11) is 1.82. The third-order valence-corrected chi connectivity index (χ3v) is 3.18. The van der Waals surface area contributed by atoms with Crippen molar-refractivity contribution in [2.24, 2.45) is 5.14 Å². The molecule has 0 saturated heterocycles. The lowest BCUT2D eigenvalue weighted by atomic mass is 9.83. The first-order valence-corrected chi connectivity index (χ1v) is 5.82. The Balaban J connectivity index is 3.37. The Morgan fingerprint density at radius 2 is 2.07 bits per heavy atom. The van der Waals surface area contributed by atoms with Crippen molar-refractivity contribution in [2.45, 2.75) is 17.6 Å². The summed E-state index contributed by atoms with van der Waals surface area (Å²) in [5.74, 6) is -0.257. The number of primary sulfonamides is 1. The van der Waals surface area contributed by atoms with E-state index >= 15 is 0 Å². The summed E-state index contributed by atoms with van der Waals surface area (Å²) >= 11 is 5.69. The van der Waals surface area contributed by atoms with Crippen LogP contribution < -0.4 is 5.14 Å². The molecule has 2 radical (unpaired) electrons. The number of benzene rings is 1. The minimum atomic E-state index is -3.78. The minimum absolute atomic E-state index is 0.0889. The first-order valence-electron chi connectivity index (χ1n) is 3.90. The first kappa shape index (κ1) is 11.6. The molecule has 0 aliphatic heterocycles. The van der Waals surface area contributed by atoms with Gasteiger partial charge in [0.1, 0.15) is 4.90 Å². The maximum atomic E-state index is 11.1. The van der Waals surface area contributed by atoms with E-state index in [0.29, 0.717) is 5.56 Å². The fourth-order valence-electron chi connectivity index (χ4n) is 1.02. The number of hydrogen-bond donors (Lipinski definition) is 1. The summed E-state index contributed by atoms with van der Waals surface area (Å²) in [6.45, 7) is 1.75. The van der Waals surface area contributed by atoms with Gasteiger partial charge in [-0.3, -0.25) is 0 Å². The van der Waals surface area contributed by atoms with Gasteiger partial charge in [-0.25, -0.2) is 13.6 Å². The van der Waals surface area contributed by atoms with Gasteiger partial charge in [-0.2, -0.15) is 0 Å². The largest absolute Gasteiger partial charge is 0.239 e. The van der Waals surface area contributed by atoms with Crippen LogP contribution in [-0.4, -0.2) is 16.3 Å². The molecule has 0 spiro atoms. The SMILES string of the molecule is [B]C(C)c1ccc(Cl)c(S(N)(=O)=O)c1. The average molecular weight is 229 g/mol. The van der Waals surface area contributed by atoms with Crippen molar-refractivity contribution in [3.05, 3.63) is 28.8 Å². The summed E-state index contributed by atoms with van der Waals surface area (Å²) in [4.78, 5) is -0.0889. The highest BCUT2D eigenvalue weighted by Crippen LogP contribution is 2.24. The lowest BCUT2D eigenvalue weighted by Crippen LogP contribution is -2.13. The van der Waals surface area contributed by atoms with Crippen LogP contribution in [0.3, 0.4) is 0 Å². The van der Waals surface area contributed by atoms with Gasteiger partial charge in [0.2, 0.25) is 10.0 Å². The Labute approximate surface area is 89.7 Å². The summed E-state index contributed by atoms with van der Waals surface area (Å²) in [6, 6.07) is 4.53. The van der Waals surface area contributed by atoms with Gasteiger partial charge in [-0.1, -0.05) is 36.0 Å². The van der Waals surface area contributed by atoms with Crippen molar-refractivity contribution in [2.75, 3.05) is 0 Å². The molecular weight excluding hydrogens is 220 g/mol. The van der Waals surface area contributed by atoms with Gasteiger partial charge in [0, 0.05) is 0 Å². The quantitative estimate of drug-likeness (QED) is 0.775. The van der Waals surface area contributed by atoms with E-state index in [9.17, 15) is 8.42 Å². The predicted molar refractivity (Wildman–Crippen MR) is 57.0 cm³/mol. The molecule has 1 unspecified atom stereocenters. The zero-order valence-electron chi connectivity index (χ0n) is 7.57. The molecule has 0 heterocycles. The summed E-state index contributed by atoms with van der Waals surface area (Å²) < 4.78 is 22.2. The molecule has 3 nitrogen and oxygen atoms in total. The minimum Gasteiger partial charge on any atom is -0.225 e. The van der Waals surface area contributed by atoms with Gasteiger partial charge < -0.3 is 0 Å². The molecule has 1 aromatic rings. The molecule has 0 aliphatic carbocycles. The molecule has 1 aromatic carbocycles. The van der Waals surface area contributed by atoms with Crippen LogP contribution in [0.1, 0.15) is 18.3 Å². The van der Waals surface area contributed by atoms with Crippen LogP contribution in [0.4, 0.5) is 0 Å². The van der Waals surface area contributed by atoms with Crippen LogP contribution in [0, 0.1) is 0 Å². The Kier molecular flexibility index (Phi) is 3.24. The van der Waals surface area contributed by atoms with Crippen molar-refractivity contribution in [1.29, 1.82) is 0 Å². The topological polar surface area (TPSA) is 60.2 Å². The second-order valence-electron chi connectivity index (χ2n) is 3.02. The highest BCUT2D eigenvalue weighted by molar-refractivity contribution is 7.89. The lowest BCUT2D eigenvalue weighted by molar-refractivity contribution is 0.597. The Hall–Kier alpha value is -0.515. The molecule has 0 bridgehead atoms. The first-order chi connectivity index (χ1) is 6.32. The zero-order chi connectivity index (χ0) is 10.9. The molecule has 74 valence electrons. The van der Waals surface area contributed by atoms with E-state index in [1.54, 1.807) is 13.0 Å².